The van der Waals surface area contributed by atoms with Crippen LogP contribution in [0.25, 0.3) is 16.8 Å². The van der Waals surface area contributed by atoms with Gasteiger partial charge in [-0.3, -0.25) is 9.89 Å². The molecule has 7 nitrogen and oxygen atoms in total. The van der Waals surface area contributed by atoms with Gasteiger partial charge in [-0.1, -0.05) is 11.6 Å². The molecule has 102 valence electrons. The smallest absolute Gasteiger partial charge is 0.362 e. The van der Waals surface area contributed by atoms with E-state index in [1.54, 1.807) is 25.1 Å². The van der Waals surface area contributed by atoms with E-state index in [1.807, 2.05) is 0 Å². The molecule has 0 bridgehead atoms. The van der Waals surface area contributed by atoms with Crippen LogP contribution in [0.3, 0.4) is 0 Å². The average molecular weight is 293 g/mol. The van der Waals surface area contributed by atoms with Crippen LogP contribution in [-0.4, -0.2) is 32.2 Å². The maximum Gasteiger partial charge on any atom is 0.362 e. The zero-order valence-corrected chi connectivity index (χ0v) is 11.1. The zero-order valence-electron chi connectivity index (χ0n) is 10.4. The third kappa shape index (κ3) is 1.92. The van der Waals surface area contributed by atoms with E-state index in [4.69, 9.17) is 16.3 Å². The standard InChI is InChI=1S/C12H9ClN4O3/c1-2-20-11(19)9-10(18)16-17-8-5-6(13)3-4-7(8)14-12(17)15-9/h3-5H,2H2,1H3,(H,16,18). The minimum absolute atomic E-state index is 0.164. The maximum atomic E-state index is 11.9. The van der Waals surface area contributed by atoms with Crippen LogP contribution < -0.4 is 5.56 Å². The van der Waals surface area contributed by atoms with E-state index in [9.17, 15) is 9.59 Å². The highest BCUT2D eigenvalue weighted by atomic mass is 35.5. The number of hydrogen-bond donors (Lipinski definition) is 1. The number of halogens is 1. The SMILES string of the molecule is CCOC(=O)c1nc2nc3ccc(Cl)cc3n2[nH]c1=O. The Bertz CT molecular complexity index is 883. The van der Waals surface area contributed by atoms with E-state index in [0.717, 1.165) is 0 Å². The number of H-pyrrole nitrogens is 1. The molecule has 1 aromatic carbocycles. The summed E-state index contributed by atoms with van der Waals surface area (Å²) in [7, 11) is 0. The molecule has 0 atom stereocenters. The Kier molecular flexibility index (Phi) is 2.90. The van der Waals surface area contributed by atoms with Gasteiger partial charge in [-0.2, -0.15) is 4.98 Å². The fraction of sp³-hybridized carbons (Fsp3) is 0.167. The first-order valence-electron chi connectivity index (χ1n) is 5.85. The van der Waals surface area contributed by atoms with Crippen molar-refractivity contribution in [1.82, 2.24) is 19.6 Å². The van der Waals surface area contributed by atoms with Crippen LogP contribution in [0.15, 0.2) is 23.0 Å². The second kappa shape index (κ2) is 4.61. The molecule has 0 fully saturated rings. The lowest BCUT2D eigenvalue weighted by Crippen LogP contribution is -2.24. The van der Waals surface area contributed by atoms with Gasteiger partial charge in [0.15, 0.2) is 0 Å². The van der Waals surface area contributed by atoms with Crippen LogP contribution in [0.1, 0.15) is 17.4 Å². The number of nitrogens with one attached hydrogen (secondary N) is 1. The van der Waals surface area contributed by atoms with Crippen molar-refractivity contribution in [2.24, 2.45) is 0 Å². The summed E-state index contributed by atoms with van der Waals surface area (Å²) in [6.45, 7) is 1.81. The van der Waals surface area contributed by atoms with E-state index >= 15 is 0 Å². The molecule has 3 rings (SSSR count). The normalized spacial score (nSPS) is 11.1. The molecule has 0 aliphatic carbocycles. The fourth-order valence-electron chi connectivity index (χ4n) is 1.86. The van der Waals surface area contributed by atoms with Gasteiger partial charge < -0.3 is 4.74 Å². The molecule has 3 aromatic rings. The van der Waals surface area contributed by atoms with Gasteiger partial charge in [0.25, 0.3) is 11.3 Å². The van der Waals surface area contributed by atoms with Crippen molar-refractivity contribution in [1.29, 1.82) is 0 Å². The van der Waals surface area contributed by atoms with E-state index in [1.165, 1.54) is 4.52 Å². The molecule has 0 saturated carbocycles. The highest BCUT2D eigenvalue weighted by Gasteiger charge is 2.17. The van der Waals surface area contributed by atoms with Crippen molar-refractivity contribution in [3.8, 4) is 0 Å². The van der Waals surface area contributed by atoms with Crippen molar-refractivity contribution in [2.45, 2.75) is 6.92 Å². The first kappa shape index (κ1) is 12.6. The van der Waals surface area contributed by atoms with E-state index in [-0.39, 0.29) is 18.1 Å². The molecule has 2 heterocycles. The van der Waals surface area contributed by atoms with Gasteiger partial charge in [-0.05, 0) is 25.1 Å². The Balaban J connectivity index is 2.29. The minimum Gasteiger partial charge on any atom is -0.461 e. The lowest BCUT2D eigenvalue weighted by Gasteiger charge is -2.00. The number of aromatic amines is 1. The predicted octanol–water partition coefficient (Wildman–Crippen LogP) is 1.40. The zero-order chi connectivity index (χ0) is 14.3. The molecule has 2 aromatic heterocycles. The predicted molar refractivity (Wildman–Crippen MR) is 72.1 cm³/mol. The summed E-state index contributed by atoms with van der Waals surface area (Å²) < 4.78 is 6.15. The lowest BCUT2D eigenvalue weighted by molar-refractivity contribution is 0.0517. The molecule has 1 N–H and O–H groups in total. The summed E-state index contributed by atoms with van der Waals surface area (Å²) in [5, 5.41) is 3.03. The minimum atomic E-state index is -0.777. The number of fused-ring (bicyclic) bond motifs is 3. The third-order valence-electron chi connectivity index (χ3n) is 2.71. The number of hydrogen-bond acceptors (Lipinski definition) is 5. The van der Waals surface area contributed by atoms with Crippen molar-refractivity contribution in [3.05, 3.63) is 39.3 Å². The van der Waals surface area contributed by atoms with Crippen LogP contribution in [0.5, 0.6) is 0 Å². The van der Waals surface area contributed by atoms with Gasteiger partial charge in [-0.25, -0.2) is 14.3 Å². The molecule has 0 aliphatic rings. The van der Waals surface area contributed by atoms with Crippen molar-refractivity contribution in [3.63, 3.8) is 0 Å². The van der Waals surface area contributed by atoms with E-state index < -0.39 is 11.5 Å². The summed E-state index contributed by atoms with van der Waals surface area (Å²) in [5.74, 6) is -0.578. The molecule has 0 radical (unpaired) electrons. The van der Waals surface area contributed by atoms with E-state index in [0.29, 0.717) is 16.1 Å². The number of nitrogens with zero attached hydrogens (tertiary/aromatic N) is 3. The number of aromatic nitrogens is 4. The van der Waals surface area contributed by atoms with Gasteiger partial charge in [0.05, 0.1) is 17.6 Å². The summed E-state index contributed by atoms with van der Waals surface area (Å²) in [4.78, 5) is 31.7. The molecular weight excluding hydrogens is 284 g/mol. The molecule has 0 unspecified atom stereocenters. The van der Waals surface area contributed by atoms with Crippen molar-refractivity contribution in [2.75, 3.05) is 6.61 Å². The van der Waals surface area contributed by atoms with Gasteiger partial charge >= 0.3 is 5.97 Å². The Morgan fingerprint density at radius 3 is 3.00 bits per heavy atom. The number of benzene rings is 1. The number of imidazole rings is 1. The largest absolute Gasteiger partial charge is 0.461 e. The number of carbonyl (C=O) groups is 1. The monoisotopic (exact) mass is 292 g/mol. The summed E-state index contributed by atoms with van der Waals surface area (Å²) in [5.41, 5.74) is 0.252. The number of esters is 1. The van der Waals surface area contributed by atoms with Crippen molar-refractivity contribution < 1.29 is 9.53 Å². The second-order valence-electron chi connectivity index (χ2n) is 4.00. The van der Waals surface area contributed by atoms with Gasteiger partial charge in [0.1, 0.15) is 0 Å². The van der Waals surface area contributed by atoms with Crippen LogP contribution in [-0.2, 0) is 4.74 Å². The van der Waals surface area contributed by atoms with Crippen molar-refractivity contribution >= 4 is 34.4 Å². The first-order valence-corrected chi connectivity index (χ1v) is 6.23. The van der Waals surface area contributed by atoms with Crippen LogP contribution in [0.2, 0.25) is 5.02 Å². The average Bonchev–Trinajstić information content (AvgIpc) is 2.75. The summed E-state index contributed by atoms with van der Waals surface area (Å²) in [6, 6.07) is 5.04. The van der Waals surface area contributed by atoms with Crippen LogP contribution in [0.4, 0.5) is 0 Å². The third-order valence-corrected chi connectivity index (χ3v) is 2.94. The van der Waals surface area contributed by atoms with Gasteiger partial charge in [0.2, 0.25) is 5.69 Å². The Hall–Kier alpha value is -2.41. The van der Waals surface area contributed by atoms with Crippen LogP contribution >= 0.6 is 11.6 Å². The Morgan fingerprint density at radius 1 is 1.45 bits per heavy atom. The molecular formula is C12H9ClN4O3. The first-order chi connectivity index (χ1) is 9.60. The highest BCUT2D eigenvalue weighted by molar-refractivity contribution is 6.31. The van der Waals surface area contributed by atoms with Crippen LogP contribution in [0, 0.1) is 0 Å². The fourth-order valence-corrected chi connectivity index (χ4v) is 2.03. The van der Waals surface area contributed by atoms with Gasteiger partial charge in [-0.15, -0.1) is 0 Å². The topological polar surface area (TPSA) is 89.3 Å². The Morgan fingerprint density at radius 2 is 2.25 bits per heavy atom. The maximum absolute atomic E-state index is 11.9. The van der Waals surface area contributed by atoms with Gasteiger partial charge in [0, 0.05) is 5.02 Å². The summed E-state index contributed by atoms with van der Waals surface area (Å²) in [6.07, 6.45) is 0. The van der Waals surface area contributed by atoms with E-state index in [2.05, 4.69) is 15.1 Å². The lowest BCUT2D eigenvalue weighted by atomic mass is 10.3. The number of ether oxygens (including phenoxy) is 1. The number of rotatable bonds is 2. The molecule has 0 aliphatic heterocycles. The molecule has 8 heteroatoms. The molecule has 0 amide bonds. The number of carbonyl (C=O) groups excluding carboxylic acids is 1. The molecule has 0 saturated heterocycles. The Labute approximate surface area is 117 Å². The molecule has 20 heavy (non-hydrogen) atoms. The second-order valence-corrected chi connectivity index (χ2v) is 4.44. The summed E-state index contributed by atoms with van der Waals surface area (Å²) >= 11 is 5.91. The molecule has 0 spiro atoms. The quantitative estimate of drug-likeness (QED) is 0.721. The highest BCUT2D eigenvalue weighted by Crippen LogP contribution is 2.18.